The molecule has 5 heteroatoms. The van der Waals surface area contributed by atoms with E-state index in [-0.39, 0.29) is 17.7 Å². The fourth-order valence-electron chi connectivity index (χ4n) is 2.58. The van der Waals surface area contributed by atoms with Crippen molar-refractivity contribution in [3.63, 3.8) is 0 Å². The molecular formula is C18H26N2O3. The van der Waals surface area contributed by atoms with Gasteiger partial charge in [0.25, 0.3) is 0 Å². The Bertz CT molecular complexity index is 516. The second-order valence-electron chi connectivity index (χ2n) is 6.38. The van der Waals surface area contributed by atoms with Gasteiger partial charge in [-0.05, 0) is 24.5 Å². The van der Waals surface area contributed by atoms with Crippen molar-refractivity contribution in [2.75, 3.05) is 26.2 Å². The van der Waals surface area contributed by atoms with E-state index in [0.717, 1.165) is 18.7 Å². The molecular weight excluding hydrogens is 292 g/mol. The average Bonchev–Trinajstić information content (AvgIpc) is 2.91. The lowest BCUT2D eigenvalue weighted by Crippen LogP contribution is -2.35. The number of hydrogen-bond donors (Lipinski definition) is 1. The molecule has 1 aliphatic heterocycles. The highest BCUT2D eigenvalue weighted by atomic mass is 16.5. The topological polar surface area (TPSA) is 58.6 Å². The van der Waals surface area contributed by atoms with Crippen LogP contribution in [0, 0.1) is 11.8 Å². The van der Waals surface area contributed by atoms with Gasteiger partial charge in [-0.2, -0.15) is 0 Å². The molecule has 23 heavy (non-hydrogen) atoms. The summed E-state index contributed by atoms with van der Waals surface area (Å²) in [5.74, 6) is 1.16. The lowest BCUT2D eigenvalue weighted by Gasteiger charge is -2.17. The first-order valence-electron chi connectivity index (χ1n) is 8.29. The number of amides is 2. The van der Waals surface area contributed by atoms with E-state index in [1.807, 2.05) is 35.2 Å². The zero-order chi connectivity index (χ0) is 16.7. The summed E-state index contributed by atoms with van der Waals surface area (Å²) in [6, 6.07) is 9.50. The van der Waals surface area contributed by atoms with Gasteiger partial charge in [0.2, 0.25) is 11.8 Å². The van der Waals surface area contributed by atoms with Gasteiger partial charge in [0.05, 0.1) is 12.5 Å². The Morgan fingerprint density at radius 1 is 1.35 bits per heavy atom. The fourth-order valence-corrected chi connectivity index (χ4v) is 2.58. The molecule has 0 aromatic heterocycles. The highest BCUT2D eigenvalue weighted by molar-refractivity contribution is 5.89. The van der Waals surface area contributed by atoms with Gasteiger partial charge in [0, 0.05) is 19.5 Å². The Labute approximate surface area is 138 Å². The van der Waals surface area contributed by atoms with Gasteiger partial charge in [-0.25, -0.2) is 0 Å². The normalized spacial score (nSPS) is 17.6. The molecule has 5 nitrogen and oxygen atoms in total. The molecule has 1 atom stereocenters. The Morgan fingerprint density at radius 2 is 2.09 bits per heavy atom. The van der Waals surface area contributed by atoms with Crippen molar-refractivity contribution in [2.45, 2.75) is 26.7 Å². The summed E-state index contributed by atoms with van der Waals surface area (Å²) in [6.07, 6.45) is 1.30. The number of hydrogen-bond acceptors (Lipinski definition) is 3. The summed E-state index contributed by atoms with van der Waals surface area (Å²) < 4.78 is 5.53. The highest BCUT2D eigenvalue weighted by Gasteiger charge is 2.33. The van der Waals surface area contributed by atoms with Gasteiger partial charge < -0.3 is 15.0 Å². The molecule has 0 saturated carbocycles. The third-order valence-corrected chi connectivity index (χ3v) is 3.97. The van der Waals surface area contributed by atoms with Gasteiger partial charge >= 0.3 is 0 Å². The Morgan fingerprint density at radius 3 is 2.78 bits per heavy atom. The molecule has 1 heterocycles. The van der Waals surface area contributed by atoms with Gasteiger partial charge in [-0.1, -0.05) is 32.0 Å². The minimum Gasteiger partial charge on any atom is -0.492 e. The van der Waals surface area contributed by atoms with Crippen LogP contribution >= 0.6 is 0 Å². The second-order valence-corrected chi connectivity index (χ2v) is 6.38. The maximum absolute atomic E-state index is 12.1. The quantitative estimate of drug-likeness (QED) is 0.747. The summed E-state index contributed by atoms with van der Waals surface area (Å²) in [7, 11) is 0. The van der Waals surface area contributed by atoms with Crippen LogP contribution in [0.4, 0.5) is 0 Å². The van der Waals surface area contributed by atoms with Crippen LogP contribution in [0.25, 0.3) is 0 Å². The Hall–Kier alpha value is -2.04. The van der Waals surface area contributed by atoms with Crippen LogP contribution in [0.2, 0.25) is 0 Å². The SMILES string of the molecule is CC(C)CCN1C[C@@H](C(=O)NCCOc2ccccc2)CC1=O. The molecule has 126 valence electrons. The number of nitrogens with one attached hydrogen (secondary N) is 1. The molecule has 0 spiro atoms. The summed E-state index contributed by atoms with van der Waals surface area (Å²) >= 11 is 0. The molecule has 0 aliphatic carbocycles. The van der Waals surface area contributed by atoms with Crippen LogP contribution in [-0.4, -0.2) is 43.0 Å². The van der Waals surface area contributed by atoms with Crippen molar-refractivity contribution in [1.29, 1.82) is 0 Å². The predicted molar refractivity (Wildman–Crippen MR) is 89.1 cm³/mol. The molecule has 1 saturated heterocycles. The van der Waals surface area contributed by atoms with E-state index in [0.29, 0.717) is 32.0 Å². The van der Waals surface area contributed by atoms with E-state index in [1.165, 1.54) is 0 Å². The summed E-state index contributed by atoms with van der Waals surface area (Å²) in [4.78, 5) is 25.9. The van der Waals surface area contributed by atoms with Crippen LogP contribution in [-0.2, 0) is 9.59 Å². The highest BCUT2D eigenvalue weighted by Crippen LogP contribution is 2.19. The van der Waals surface area contributed by atoms with Gasteiger partial charge in [0.1, 0.15) is 12.4 Å². The van der Waals surface area contributed by atoms with E-state index in [2.05, 4.69) is 19.2 Å². The average molecular weight is 318 g/mol. The number of ether oxygens (including phenoxy) is 1. The minimum absolute atomic E-state index is 0.0536. The van der Waals surface area contributed by atoms with E-state index in [9.17, 15) is 9.59 Å². The number of rotatable bonds is 8. The van der Waals surface area contributed by atoms with E-state index in [1.54, 1.807) is 0 Å². The van der Waals surface area contributed by atoms with Crippen LogP contribution in [0.15, 0.2) is 30.3 Å². The number of benzene rings is 1. The van der Waals surface area contributed by atoms with Crippen molar-refractivity contribution in [3.05, 3.63) is 30.3 Å². The number of carbonyl (C=O) groups is 2. The van der Waals surface area contributed by atoms with E-state index >= 15 is 0 Å². The third kappa shape index (κ3) is 5.58. The summed E-state index contributed by atoms with van der Waals surface area (Å²) in [5.41, 5.74) is 0. The number of para-hydroxylation sites is 1. The summed E-state index contributed by atoms with van der Waals surface area (Å²) in [6.45, 7) is 6.43. The lowest BCUT2D eigenvalue weighted by atomic mass is 10.1. The molecule has 1 aliphatic rings. The van der Waals surface area contributed by atoms with Crippen LogP contribution in [0.3, 0.4) is 0 Å². The van der Waals surface area contributed by atoms with Crippen LogP contribution in [0.1, 0.15) is 26.7 Å². The third-order valence-electron chi connectivity index (χ3n) is 3.97. The maximum atomic E-state index is 12.1. The molecule has 0 radical (unpaired) electrons. The molecule has 2 rings (SSSR count). The van der Waals surface area contributed by atoms with Crippen LogP contribution in [0.5, 0.6) is 5.75 Å². The van der Waals surface area contributed by atoms with Crippen molar-refractivity contribution in [1.82, 2.24) is 10.2 Å². The van der Waals surface area contributed by atoms with Crippen molar-refractivity contribution in [2.24, 2.45) is 11.8 Å². The van der Waals surface area contributed by atoms with Gasteiger partial charge in [-0.15, -0.1) is 0 Å². The number of nitrogens with zero attached hydrogens (tertiary/aromatic N) is 1. The molecule has 2 amide bonds. The Balaban J connectivity index is 1.67. The molecule has 1 fully saturated rings. The largest absolute Gasteiger partial charge is 0.492 e. The monoisotopic (exact) mass is 318 g/mol. The molecule has 0 unspecified atom stereocenters. The smallest absolute Gasteiger partial charge is 0.225 e. The molecule has 1 aromatic rings. The van der Waals surface area contributed by atoms with Crippen molar-refractivity contribution in [3.8, 4) is 5.75 Å². The van der Waals surface area contributed by atoms with Crippen molar-refractivity contribution < 1.29 is 14.3 Å². The van der Waals surface area contributed by atoms with Gasteiger partial charge in [-0.3, -0.25) is 9.59 Å². The first-order chi connectivity index (χ1) is 11.1. The zero-order valence-corrected chi connectivity index (χ0v) is 14.0. The second kappa shape index (κ2) is 8.56. The van der Waals surface area contributed by atoms with Gasteiger partial charge in [0.15, 0.2) is 0 Å². The van der Waals surface area contributed by atoms with Crippen molar-refractivity contribution >= 4 is 11.8 Å². The first kappa shape index (κ1) is 17.3. The first-order valence-corrected chi connectivity index (χ1v) is 8.29. The zero-order valence-electron chi connectivity index (χ0n) is 14.0. The minimum atomic E-state index is -0.230. The van der Waals surface area contributed by atoms with Crippen LogP contribution < -0.4 is 10.1 Å². The molecule has 1 aromatic carbocycles. The van der Waals surface area contributed by atoms with E-state index < -0.39 is 0 Å². The standard InChI is InChI=1S/C18H26N2O3/c1-14(2)8-10-20-13-15(12-17(20)21)18(22)19-9-11-23-16-6-4-3-5-7-16/h3-7,14-15H,8-13H2,1-2H3,(H,19,22)/t15-/m0/s1. The Kier molecular flexibility index (Phi) is 6.44. The molecule has 1 N–H and O–H groups in total. The number of carbonyl (C=O) groups excluding carboxylic acids is 2. The predicted octanol–water partition coefficient (Wildman–Crippen LogP) is 2.08. The lowest BCUT2D eigenvalue weighted by molar-refractivity contribution is -0.129. The van der Waals surface area contributed by atoms with E-state index in [4.69, 9.17) is 4.74 Å². The maximum Gasteiger partial charge on any atom is 0.225 e. The summed E-state index contributed by atoms with van der Waals surface area (Å²) in [5, 5.41) is 2.86. The number of likely N-dealkylation sites (tertiary alicyclic amines) is 1. The molecule has 0 bridgehead atoms. The fraction of sp³-hybridized carbons (Fsp3) is 0.556.